The molecule has 0 amide bonds. The molecule has 0 aromatic rings. The molecule has 1 saturated heterocycles. The molecule has 4 nitrogen and oxygen atoms in total. The fourth-order valence-corrected chi connectivity index (χ4v) is 3.94. The van der Waals surface area contributed by atoms with Gasteiger partial charge in [-0.2, -0.15) is 0 Å². The molecule has 4 atom stereocenters. The van der Waals surface area contributed by atoms with Crippen molar-refractivity contribution in [2.45, 2.75) is 31.5 Å². The molecule has 1 spiro atoms. The van der Waals surface area contributed by atoms with Gasteiger partial charge in [0, 0.05) is 12.5 Å². The minimum Gasteiger partial charge on any atom is -0.379 e. The number of carbonyl (C=O) groups excluding carboxylic acids is 1. The largest absolute Gasteiger partial charge is 0.379 e. The van der Waals surface area contributed by atoms with E-state index in [9.17, 15) is 4.79 Å². The van der Waals surface area contributed by atoms with E-state index in [-0.39, 0.29) is 23.7 Å². The summed E-state index contributed by atoms with van der Waals surface area (Å²) in [5.41, 5.74) is -0.517. The van der Waals surface area contributed by atoms with Crippen LogP contribution in [0, 0.1) is 11.8 Å². The van der Waals surface area contributed by atoms with E-state index in [2.05, 4.69) is 22.9 Å². The molecule has 1 saturated carbocycles. The van der Waals surface area contributed by atoms with Crippen molar-refractivity contribution in [3.05, 3.63) is 10.6 Å². The maximum atomic E-state index is 12.4. The summed E-state index contributed by atoms with van der Waals surface area (Å²) in [6.45, 7) is 4.57. The van der Waals surface area contributed by atoms with Crippen LogP contribution in [0.15, 0.2) is 10.6 Å². The Balaban J connectivity index is 1.57. The molecule has 19 heavy (non-hydrogen) atoms. The van der Waals surface area contributed by atoms with Crippen molar-refractivity contribution in [1.29, 1.82) is 0 Å². The zero-order valence-electron chi connectivity index (χ0n) is 11.1. The SMILES string of the molecule is CCCOCCOC1CC2C(Br)=CC1C(=O)[C@]21CO1. The summed E-state index contributed by atoms with van der Waals surface area (Å²) in [5, 5.41) is 0. The van der Waals surface area contributed by atoms with Crippen molar-refractivity contribution in [3.8, 4) is 0 Å². The van der Waals surface area contributed by atoms with E-state index in [1.54, 1.807) is 0 Å². The highest BCUT2D eigenvalue weighted by molar-refractivity contribution is 9.11. The second kappa shape index (κ2) is 5.28. The van der Waals surface area contributed by atoms with Crippen LogP contribution in [-0.2, 0) is 19.0 Å². The molecular weight excluding hydrogens is 312 g/mol. The number of fused-ring (bicyclic) bond motifs is 1. The zero-order valence-corrected chi connectivity index (χ0v) is 12.6. The van der Waals surface area contributed by atoms with E-state index >= 15 is 0 Å². The summed E-state index contributed by atoms with van der Waals surface area (Å²) in [4.78, 5) is 12.4. The van der Waals surface area contributed by atoms with Crippen LogP contribution in [0.25, 0.3) is 0 Å². The van der Waals surface area contributed by atoms with E-state index < -0.39 is 5.60 Å². The molecule has 0 N–H and O–H groups in total. The summed E-state index contributed by atoms with van der Waals surface area (Å²) >= 11 is 3.57. The molecule has 1 aliphatic heterocycles. The highest BCUT2D eigenvalue weighted by Gasteiger charge is 2.66. The Kier molecular flexibility index (Phi) is 3.82. The monoisotopic (exact) mass is 330 g/mol. The highest BCUT2D eigenvalue weighted by atomic mass is 79.9. The van der Waals surface area contributed by atoms with Crippen molar-refractivity contribution < 1.29 is 19.0 Å². The Hall–Kier alpha value is -0.230. The van der Waals surface area contributed by atoms with Crippen LogP contribution >= 0.6 is 15.9 Å². The van der Waals surface area contributed by atoms with Gasteiger partial charge in [0.2, 0.25) is 0 Å². The Morgan fingerprint density at radius 3 is 2.95 bits per heavy atom. The quantitative estimate of drug-likeness (QED) is 0.552. The molecule has 1 heterocycles. The zero-order chi connectivity index (χ0) is 13.5. The minimum absolute atomic E-state index is 0.0150. The van der Waals surface area contributed by atoms with Crippen LogP contribution in [0.5, 0.6) is 0 Å². The van der Waals surface area contributed by atoms with Gasteiger partial charge in [0.25, 0.3) is 0 Å². The van der Waals surface area contributed by atoms with Crippen molar-refractivity contribution in [2.75, 3.05) is 26.4 Å². The van der Waals surface area contributed by atoms with Gasteiger partial charge in [-0.3, -0.25) is 4.79 Å². The Morgan fingerprint density at radius 1 is 1.47 bits per heavy atom. The van der Waals surface area contributed by atoms with Gasteiger partial charge < -0.3 is 14.2 Å². The van der Waals surface area contributed by atoms with E-state index in [4.69, 9.17) is 14.2 Å². The normalized spacial score (nSPS) is 39.8. The lowest BCUT2D eigenvalue weighted by Crippen LogP contribution is -2.53. The summed E-state index contributed by atoms with van der Waals surface area (Å²) < 4.78 is 17.8. The molecule has 2 bridgehead atoms. The van der Waals surface area contributed by atoms with Crippen LogP contribution in [0.1, 0.15) is 19.8 Å². The van der Waals surface area contributed by atoms with E-state index in [1.807, 2.05) is 6.08 Å². The molecular formula is C14H19BrO4. The van der Waals surface area contributed by atoms with Gasteiger partial charge in [0.05, 0.1) is 31.8 Å². The minimum atomic E-state index is -0.517. The number of ketones is 1. The number of halogens is 1. The summed E-state index contributed by atoms with van der Waals surface area (Å²) in [6, 6.07) is 0. The number of ether oxygens (including phenoxy) is 3. The lowest BCUT2D eigenvalue weighted by molar-refractivity contribution is -0.141. The molecule has 0 aromatic carbocycles. The molecule has 5 heteroatoms. The number of carbonyl (C=O) groups is 1. The molecule has 0 radical (unpaired) electrons. The first kappa shape index (κ1) is 13.7. The van der Waals surface area contributed by atoms with Crippen LogP contribution < -0.4 is 0 Å². The Morgan fingerprint density at radius 2 is 2.26 bits per heavy atom. The van der Waals surface area contributed by atoms with Crippen LogP contribution in [0.3, 0.4) is 0 Å². The third-order valence-electron chi connectivity index (χ3n) is 4.19. The summed E-state index contributed by atoms with van der Waals surface area (Å²) in [5.74, 6) is 0.186. The fraction of sp³-hybridized carbons (Fsp3) is 0.786. The van der Waals surface area contributed by atoms with Gasteiger partial charge in [-0.25, -0.2) is 0 Å². The molecule has 2 fully saturated rings. The highest BCUT2D eigenvalue weighted by Crippen LogP contribution is 2.55. The third-order valence-corrected chi connectivity index (χ3v) is 5.00. The molecule has 3 aliphatic carbocycles. The van der Waals surface area contributed by atoms with Gasteiger partial charge in [0.15, 0.2) is 11.4 Å². The standard InChI is InChI=1S/C14H19BrO4/c1-2-3-17-4-5-18-12-7-10-11(15)6-9(12)13(16)14(10)8-19-14/h6,9-10,12H,2-5,7-8H2,1H3/t9?,10?,12?,14-/m0/s1. The Labute approximate surface area is 121 Å². The summed E-state index contributed by atoms with van der Waals surface area (Å²) in [7, 11) is 0. The topological polar surface area (TPSA) is 48.1 Å². The predicted octanol–water partition coefficient (Wildman–Crippen LogP) is 2.06. The van der Waals surface area contributed by atoms with Crippen molar-refractivity contribution in [3.63, 3.8) is 0 Å². The van der Waals surface area contributed by atoms with Crippen LogP contribution in [0.2, 0.25) is 0 Å². The van der Waals surface area contributed by atoms with E-state index in [0.717, 1.165) is 23.9 Å². The number of rotatable bonds is 6. The van der Waals surface area contributed by atoms with Gasteiger partial charge in [-0.1, -0.05) is 28.9 Å². The average Bonchev–Trinajstić information content (AvgIpc) is 3.18. The molecule has 4 aliphatic rings. The lowest BCUT2D eigenvalue weighted by atomic mass is 9.66. The first-order chi connectivity index (χ1) is 9.19. The van der Waals surface area contributed by atoms with Crippen LogP contribution in [0.4, 0.5) is 0 Å². The second-order valence-corrected chi connectivity index (χ2v) is 6.35. The lowest BCUT2D eigenvalue weighted by Gasteiger charge is -2.42. The van der Waals surface area contributed by atoms with E-state index in [1.165, 1.54) is 0 Å². The molecule has 4 rings (SSSR count). The molecule has 0 aromatic heterocycles. The van der Waals surface area contributed by atoms with E-state index in [0.29, 0.717) is 19.8 Å². The number of Topliss-reactive ketones (excluding diaryl/α,β-unsaturated/α-hetero) is 1. The van der Waals surface area contributed by atoms with Gasteiger partial charge in [0.1, 0.15) is 0 Å². The average molecular weight is 331 g/mol. The smallest absolute Gasteiger partial charge is 0.177 e. The van der Waals surface area contributed by atoms with Crippen molar-refractivity contribution >= 4 is 21.7 Å². The molecule has 3 unspecified atom stereocenters. The number of hydrogen-bond donors (Lipinski definition) is 0. The number of epoxide rings is 1. The molecule has 106 valence electrons. The predicted molar refractivity (Wildman–Crippen MR) is 73.1 cm³/mol. The van der Waals surface area contributed by atoms with Gasteiger partial charge in [-0.15, -0.1) is 0 Å². The van der Waals surface area contributed by atoms with Gasteiger partial charge >= 0.3 is 0 Å². The third kappa shape index (κ3) is 2.31. The summed E-state index contributed by atoms with van der Waals surface area (Å²) in [6.07, 6.45) is 3.86. The maximum absolute atomic E-state index is 12.4. The van der Waals surface area contributed by atoms with Crippen molar-refractivity contribution in [2.24, 2.45) is 11.8 Å². The second-order valence-electron chi connectivity index (χ2n) is 5.43. The van der Waals surface area contributed by atoms with Gasteiger partial charge in [-0.05, 0) is 17.3 Å². The number of hydrogen-bond acceptors (Lipinski definition) is 4. The first-order valence-electron chi connectivity index (χ1n) is 6.94. The Bertz CT molecular complexity index is 402. The van der Waals surface area contributed by atoms with Crippen molar-refractivity contribution in [1.82, 2.24) is 0 Å². The fourth-order valence-electron chi connectivity index (χ4n) is 3.10. The van der Waals surface area contributed by atoms with Crippen LogP contribution in [-0.4, -0.2) is 43.9 Å². The first-order valence-corrected chi connectivity index (χ1v) is 7.73. The maximum Gasteiger partial charge on any atom is 0.177 e.